The summed E-state index contributed by atoms with van der Waals surface area (Å²) < 4.78 is 4.97. The van der Waals surface area contributed by atoms with Crippen LogP contribution in [-0.4, -0.2) is 25.0 Å². The Hall–Kier alpha value is -3.01. The zero-order valence-electron chi connectivity index (χ0n) is 15.6. The van der Waals surface area contributed by atoms with Gasteiger partial charge in [-0.05, 0) is 42.3 Å². The van der Waals surface area contributed by atoms with Gasteiger partial charge in [-0.3, -0.25) is 4.79 Å². The van der Waals surface area contributed by atoms with E-state index in [0.717, 1.165) is 20.9 Å². The van der Waals surface area contributed by atoms with E-state index in [1.54, 1.807) is 30.8 Å². The molecule has 2 aromatic carbocycles. The molecule has 0 atom stereocenters. The average molecular weight is 425 g/mol. The average Bonchev–Trinajstić information content (AvgIpc) is 2.71. The summed E-state index contributed by atoms with van der Waals surface area (Å²) in [5.74, 6) is -1.07. The minimum atomic E-state index is -0.540. The number of esters is 1. The number of amides is 1. The van der Waals surface area contributed by atoms with Crippen LogP contribution in [0.15, 0.2) is 70.0 Å². The molecule has 0 bridgehead atoms. The number of nitrogens with zero attached hydrogens (tertiary/aromatic N) is 1. The summed E-state index contributed by atoms with van der Waals surface area (Å²) in [4.78, 5) is 26.1. The highest BCUT2D eigenvalue weighted by molar-refractivity contribution is 7.99. The predicted molar refractivity (Wildman–Crippen MR) is 112 cm³/mol. The van der Waals surface area contributed by atoms with E-state index < -0.39 is 11.9 Å². The third-order valence-electron chi connectivity index (χ3n) is 4.15. The molecule has 0 saturated heterocycles. The number of benzene rings is 2. The highest BCUT2D eigenvalue weighted by atomic mass is 35.5. The number of halogens is 1. The number of fused-ring (bicyclic) bond motifs is 2. The number of rotatable bonds is 5. The fraction of sp³-hybridized carbons (Fsp3) is 0.136. The molecule has 1 heterocycles. The van der Waals surface area contributed by atoms with Crippen molar-refractivity contribution in [1.29, 1.82) is 5.26 Å². The molecule has 7 heteroatoms. The van der Waals surface area contributed by atoms with Crippen LogP contribution in [0.4, 0.5) is 0 Å². The van der Waals surface area contributed by atoms with E-state index in [1.165, 1.54) is 0 Å². The van der Waals surface area contributed by atoms with E-state index in [2.05, 4.69) is 11.9 Å². The van der Waals surface area contributed by atoms with Crippen LogP contribution in [0.2, 0.25) is 5.02 Å². The Labute approximate surface area is 178 Å². The van der Waals surface area contributed by atoms with Crippen LogP contribution in [-0.2, 0) is 14.3 Å². The van der Waals surface area contributed by atoms with Gasteiger partial charge in [0.1, 0.15) is 18.2 Å². The molecule has 1 N–H and O–H groups in total. The van der Waals surface area contributed by atoms with Crippen molar-refractivity contribution in [3.05, 3.63) is 76.3 Å². The van der Waals surface area contributed by atoms with E-state index >= 15 is 0 Å². The fourth-order valence-corrected chi connectivity index (χ4v) is 4.06. The second kappa shape index (κ2) is 8.99. The van der Waals surface area contributed by atoms with Gasteiger partial charge in [-0.2, -0.15) is 5.26 Å². The zero-order chi connectivity index (χ0) is 21.0. The molecule has 29 heavy (non-hydrogen) atoms. The third kappa shape index (κ3) is 4.53. The number of hydrogen-bond acceptors (Lipinski definition) is 5. The van der Waals surface area contributed by atoms with Crippen LogP contribution in [0.25, 0.3) is 5.57 Å². The van der Waals surface area contributed by atoms with Crippen LogP contribution in [0.5, 0.6) is 0 Å². The first-order chi connectivity index (χ1) is 13.9. The minimum absolute atomic E-state index is 0.0136. The lowest BCUT2D eigenvalue weighted by molar-refractivity contribution is -0.139. The van der Waals surface area contributed by atoms with Gasteiger partial charge in [0.25, 0.3) is 5.91 Å². The van der Waals surface area contributed by atoms with Gasteiger partial charge in [-0.1, -0.05) is 48.1 Å². The van der Waals surface area contributed by atoms with E-state index in [0.29, 0.717) is 10.6 Å². The summed E-state index contributed by atoms with van der Waals surface area (Å²) in [5, 5.41) is 12.9. The quantitative estimate of drug-likeness (QED) is 0.285. The van der Waals surface area contributed by atoms with Crippen LogP contribution in [0.3, 0.4) is 0 Å². The Morgan fingerprint density at radius 2 is 1.93 bits per heavy atom. The van der Waals surface area contributed by atoms with Gasteiger partial charge >= 0.3 is 5.97 Å². The lowest BCUT2D eigenvalue weighted by Crippen LogP contribution is -2.29. The molecule has 0 aliphatic carbocycles. The van der Waals surface area contributed by atoms with Crippen molar-refractivity contribution in [2.24, 2.45) is 0 Å². The maximum absolute atomic E-state index is 12.8. The summed E-state index contributed by atoms with van der Waals surface area (Å²) in [7, 11) is 0. The number of nitrogens with one attached hydrogen (secondary N) is 1. The normalized spacial score (nSPS) is 13.4. The first kappa shape index (κ1) is 20.7. The molecule has 1 amide bonds. The van der Waals surface area contributed by atoms with Crippen molar-refractivity contribution >= 4 is 40.8 Å². The van der Waals surface area contributed by atoms with E-state index in [9.17, 15) is 14.9 Å². The van der Waals surface area contributed by atoms with Gasteiger partial charge in [0.2, 0.25) is 0 Å². The number of hydrogen-bond donors (Lipinski definition) is 1. The molecule has 0 fully saturated rings. The van der Waals surface area contributed by atoms with E-state index in [4.69, 9.17) is 16.3 Å². The Morgan fingerprint density at radius 3 is 2.66 bits per heavy atom. The third-order valence-corrected chi connectivity index (χ3v) is 5.53. The molecular formula is C22H17ClN2O3S. The SMILES string of the molecule is C=C(C)C(=O)OCCNC(=O)/C(C#N)=C1\c2ccccc2Sc2ccc(Cl)cc21. The van der Waals surface area contributed by atoms with Gasteiger partial charge in [-0.25, -0.2) is 4.79 Å². The van der Waals surface area contributed by atoms with Crippen molar-refractivity contribution in [3.63, 3.8) is 0 Å². The molecule has 5 nitrogen and oxygen atoms in total. The van der Waals surface area contributed by atoms with Crippen molar-refractivity contribution in [3.8, 4) is 6.07 Å². The minimum Gasteiger partial charge on any atom is -0.460 e. The molecular weight excluding hydrogens is 408 g/mol. The summed E-state index contributed by atoms with van der Waals surface area (Å²) in [6, 6.07) is 15.0. The largest absolute Gasteiger partial charge is 0.460 e. The summed E-state index contributed by atoms with van der Waals surface area (Å²) in [5.41, 5.74) is 2.33. The Bertz CT molecular complexity index is 1090. The highest BCUT2D eigenvalue weighted by Crippen LogP contribution is 2.47. The summed E-state index contributed by atoms with van der Waals surface area (Å²) in [6.45, 7) is 5.10. The molecule has 0 radical (unpaired) electrons. The van der Waals surface area contributed by atoms with Crippen molar-refractivity contribution in [2.75, 3.05) is 13.2 Å². The smallest absolute Gasteiger partial charge is 0.333 e. The van der Waals surface area contributed by atoms with Gasteiger partial charge in [0, 0.05) is 26.0 Å². The van der Waals surface area contributed by atoms with Crippen LogP contribution >= 0.6 is 23.4 Å². The Balaban J connectivity index is 1.94. The molecule has 0 spiro atoms. The van der Waals surface area contributed by atoms with E-state index in [1.807, 2.05) is 36.4 Å². The van der Waals surface area contributed by atoms with Crippen LogP contribution in [0, 0.1) is 11.3 Å². The van der Waals surface area contributed by atoms with E-state index in [-0.39, 0.29) is 24.3 Å². The highest BCUT2D eigenvalue weighted by Gasteiger charge is 2.27. The number of nitriles is 1. The van der Waals surface area contributed by atoms with Gasteiger partial charge < -0.3 is 10.1 Å². The number of carbonyl (C=O) groups excluding carboxylic acids is 2. The summed E-state index contributed by atoms with van der Waals surface area (Å²) >= 11 is 7.75. The standard InChI is InChI=1S/C22H17ClN2O3S/c1-13(2)22(27)28-10-9-25-21(26)17(12-24)20-15-5-3-4-6-18(15)29-19-8-7-14(23)11-16(19)20/h3-8,11H,1,9-10H2,2H3,(H,25,26)/b20-17+. The van der Waals surface area contributed by atoms with Crippen molar-refractivity contribution in [2.45, 2.75) is 16.7 Å². The molecule has 1 aliphatic heterocycles. The molecule has 2 aromatic rings. The number of carbonyl (C=O) groups is 2. The first-order valence-electron chi connectivity index (χ1n) is 8.74. The van der Waals surface area contributed by atoms with Gasteiger partial charge in [-0.15, -0.1) is 0 Å². The molecule has 3 rings (SSSR count). The maximum atomic E-state index is 12.8. The molecule has 1 aliphatic rings. The Morgan fingerprint density at radius 1 is 1.21 bits per heavy atom. The Kier molecular flexibility index (Phi) is 6.42. The predicted octanol–water partition coefficient (Wildman–Crippen LogP) is 4.37. The lowest BCUT2D eigenvalue weighted by Gasteiger charge is -2.23. The topological polar surface area (TPSA) is 79.2 Å². The zero-order valence-corrected chi connectivity index (χ0v) is 17.2. The van der Waals surface area contributed by atoms with Crippen molar-refractivity contribution < 1.29 is 14.3 Å². The number of ether oxygens (including phenoxy) is 1. The lowest BCUT2D eigenvalue weighted by atomic mass is 9.92. The molecule has 0 saturated carbocycles. The van der Waals surface area contributed by atoms with Gasteiger partial charge in [0.05, 0.1) is 6.54 Å². The monoisotopic (exact) mass is 424 g/mol. The summed E-state index contributed by atoms with van der Waals surface area (Å²) in [6.07, 6.45) is 0. The van der Waals surface area contributed by atoms with Crippen molar-refractivity contribution in [1.82, 2.24) is 5.32 Å². The second-order valence-electron chi connectivity index (χ2n) is 6.27. The van der Waals surface area contributed by atoms with Crippen LogP contribution < -0.4 is 5.32 Å². The molecule has 146 valence electrons. The fourth-order valence-electron chi connectivity index (χ4n) is 2.82. The maximum Gasteiger partial charge on any atom is 0.333 e. The van der Waals surface area contributed by atoms with Gasteiger partial charge in [0.15, 0.2) is 0 Å². The van der Waals surface area contributed by atoms with Crippen LogP contribution in [0.1, 0.15) is 18.1 Å². The second-order valence-corrected chi connectivity index (χ2v) is 7.79. The first-order valence-corrected chi connectivity index (χ1v) is 9.94. The molecule has 0 aromatic heterocycles. The molecule has 0 unspecified atom stereocenters.